The average molecular weight is 214 g/mol. The van der Waals surface area contributed by atoms with E-state index in [0.29, 0.717) is 0 Å². The molecule has 0 spiro atoms. The number of aliphatic carboxylic acids is 1. The molecule has 0 aromatic carbocycles. The van der Waals surface area contributed by atoms with Crippen LogP contribution in [0.3, 0.4) is 0 Å². The quantitative estimate of drug-likeness (QED) is 0.817. The van der Waals surface area contributed by atoms with Crippen molar-refractivity contribution in [3.8, 4) is 0 Å². The number of rotatable bonds is 2. The summed E-state index contributed by atoms with van der Waals surface area (Å²) >= 11 is 6.01. The van der Waals surface area contributed by atoms with E-state index in [9.17, 15) is 13.6 Å². The summed E-state index contributed by atoms with van der Waals surface area (Å²) in [6, 6.07) is 0. The maximum Gasteiger partial charge on any atom is 0.385 e. The highest BCUT2D eigenvalue weighted by Crippen LogP contribution is 2.30. The largest absolute Gasteiger partial charge is 0.476 e. The first kappa shape index (κ1) is 9.34. The first-order valence-corrected chi connectivity index (χ1v) is 3.93. The summed E-state index contributed by atoms with van der Waals surface area (Å²) in [5.74, 6) is -6.19. The fourth-order valence-corrected chi connectivity index (χ4v) is 1.29. The van der Waals surface area contributed by atoms with Crippen molar-refractivity contribution in [2.45, 2.75) is 5.92 Å². The summed E-state index contributed by atoms with van der Waals surface area (Å²) < 4.78 is 25.1. The van der Waals surface area contributed by atoms with Gasteiger partial charge in [0.2, 0.25) is 0 Å². The fraction of sp³-hybridized carbons (Fsp3) is 0.200. The molecule has 1 heterocycles. The lowest BCUT2D eigenvalue weighted by Crippen LogP contribution is -2.25. The van der Waals surface area contributed by atoms with Crippen LogP contribution in [0, 0.1) is 0 Å². The normalized spacial score (nSPS) is 11.6. The highest BCUT2D eigenvalue weighted by molar-refractivity contribution is 7.14. The number of halogens is 3. The van der Waals surface area contributed by atoms with Gasteiger partial charge in [-0.1, -0.05) is 11.6 Å². The Kier molecular flexibility index (Phi) is 2.29. The molecule has 66 valence electrons. The predicted octanol–water partition coefficient (Wildman–Crippen LogP) is 1.97. The van der Waals surface area contributed by atoms with Crippen LogP contribution in [0.1, 0.15) is 5.69 Å². The topological polar surface area (TPSA) is 50.2 Å². The smallest absolute Gasteiger partial charge is 0.385 e. The van der Waals surface area contributed by atoms with Crippen molar-refractivity contribution in [3.05, 3.63) is 15.5 Å². The lowest BCUT2D eigenvalue weighted by Gasteiger charge is -2.05. The van der Waals surface area contributed by atoms with Crippen LogP contribution >= 0.6 is 22.9 Å². The van der Waals surface area contributed by atoms with E-state index < -0.39 is 17.6 Å². The standard InChI is InChI=1S/C5H2ClF2NO2S/c6-4-9-2(1-12-4)5(7,8)3(10)11/h1H,(H,10,11). The monoisotopic (exact) mass is 213 g/mol. The molecular formula is C5H2ClF2NO2S. The molecule has 3 nitrogen and oxygen atoms in total. The number of carbonyl (C=O) groups is 1. The SMILES string of the molecule is O=C(O)C(F)(F)c1csc(Cl)n1. The molecule has 0 radical (unpaired) electrons. The van der Waals surface area contributed by atoms with Gasteiger partial charge >= 0.3 is 11.9 Å². The minimum absolute atomic E-state index is 0.106. The Balaban J connectivity index is 3.05. The highest BCUT2D eigenvalue weighted by atomic mass is 35.5. The van der Waals surface area contributed by atoms with Crippen LogP contribution in [0.2, 0.25) is 4.47 Å². The third kappa shape index (κ3) is 1.54. The van der Waals surface area contributed by atoms with Crippen molar-refractivity contribution in [3.63, 3.8) is 0 Å². The number of thiazole rings is 1. The second kappa shape index (κ2) is 2.95. The zero-order chi connectivity index (χ0) is 9.35. The van der Waals surface area contributed by atoms with Gasteiger partial charge in [-0.3, -0.25) is 0 Å². The van der Waals surface area contributed by atoms with Crippen molar-refractivity contribution >= 4 is 28.9 Å². The zero-order valence-corrected chi connectivity index (χ0v) is 6.99. The van der Waals surface area contributed by atoms with Crippen LogP contribution in [-0.2, 0) is 10.7 Å². The molecule has 12 heavy (non-hydrogen) atoms. The highest BCUT2D eigenvalue weighted by Gasteiger charge is 2.43. The number of alkyl halides is 2. The molecule has 0 atom stereocenters. The summed E-state index contributed by atoms with van der Waals surface area (Å²) in [4.78, 5) is 13.2. The van der Waals surface area contributed by atoms with Gasteiger partial charge in [0.15, 0.2) is 4.47 Å². The van der Waals surface area contributed by atoms with Crippen LogP contribution in [0.4, 0.5) is 8.78 Å². The van der Waals surface area contributed by atoms with Gasteiger partial charge in [-0.05, 0) is 0 Å². The molecule has 0 fully saturated rings. The third-order valence-electron chi connectivity index (χ3n) is 1.07. The minimum atomic E-state index is -3.95. The summed E-state index contributed by atoms with van der Waals surface area (Å²) in [5.41, 5.74) is -0.829. The molecule has 0 saturated heterocycles. The van der Waals surface area contributed by atoms with Crippen molar-refractivity contribution in [2.75, 3.05) is 0 Å². The van der Waals surface area contributed by atoms with Gasteiger partial charge in [0.25, 0.3) is 0 Å². The molecule has 0 aliphatic heterocycles. The third-order valence-corrected chi connectivity index (χ3v) is 2.05. The van der Waals surface area contributed by atoms with Crippen LogP contribution < -0.4 is 0 Å². The van der Waals surface area contributed by atoms with Gasteiger partial charge in [0, 0.05) is 5.38 Å². The van der Waals surface area contributed by atoms with Gasteiger partial charge in [-0.15, -0.1) is 11.3 Å². The molecular weight excluding hydrogens is 212 g/mol. The fourth-order valence-electron chi connectivity index (χ4n) is 0.506. The molecule has 0 bridgehead atoms. The molecule has 1 rings (SSSR count). The molecule has 1 N–H and O–H groups in total. The number of hydrogen-bond acceptors (Lipinski definition) is 3. The van der Waals surface area contributed by atoms with E-state index in [1.54, 1.807) is 0 Å². The van der Waals surface area contributed by atoms with E-state index in [1.807, 2.05) is 0 Å². The maximum absolute atomic E-state index is 12.6. The van der Waals surface area contributed by atoms with Gasteiger partial charge in [0.05, 0.1) is 0 Å². The molecule has 0 aliphatic rings. The number of aromatic nitrogens is 1. The predicted molar refractivity (Wildman–Crippen MR) is 38.7 cm³/mol. The molecule has 0 amide bonds. The number of carboxylic acid groups (broad SMARTS) is 1. The Hall–Kier alpha value is -0.750. The van der Waals surface area contributed by atoms with Gasteiger partial charge in [-0.2, -0.15) is 8.78 Å². The molecule has 0 unspecified atom stereocenters. The maximum atomic E-state index is 12.6. The molecule has 7 heteroatoms. The molecule has 1 aromatic rings. The minimum Gasteiger partial charge on any atom is -0.476 e. The number of carboxylic acids is 1. The van der Waals surface area contributed by atoms with Gasteiger partial charge in [0.1, 0.15) is 5.69 Å². The Bertz CT molecular complexity index is 314. The van der Waals surface area contributed by atoms with Crippen LogP contribution in [0.15, 0.2) is 5.38 Å². The van der Waals surface area contributed by atoms with Crippen molar-refractivity contribution in [1.29, 1.82) is 0 Å². The summed E-state index contributed by atoms with van der Waals surface area (Å²) in [6.07, 6.45) is 0. The van der Waals surface area contributed by atoms with Gasteiger partial charge in [-0.25, -0.2) is 9.78 Å². The van der Waals surface area contributed by atoms with E-state index >= 15 is 0 Å². The lowest BCUT2D eigenvalue weighted by atomic mass is 10.3. The first-order chi connectivity index (χ1) is 5.44. The molecule has 0 saturated carbocycles. The first-order valence-electron chi connectivity index (χ1n) is 2.67. The summed E-state index contributed by atoms with van der Waals surface area (Å²) in [5, 5.41) is 8.99. The van der Waals surface area contributed by atoms with Crippen molar-refractivity contribution in [2.24, 2.45) is 0 Å². The van der Waals surface area contributed by atoms with Crippen molar-refractivity contribution in [1.82, 2.24) is 4.98 Å². The summed E-state index contributed by atoms with van der Waals surface area (Å²) in [7, 11) is 0. The molecule has 1 aromatic heterocycles. The second-order valence-electron chi connectivity index (χ2n) is 1.87. The van der Waals surface area contributed by atoms with Crippen molar-refractivity contribution < 1.29 is 18.7 Å². The Labute approximate surface area is 74.6 Å². The van der Waals surface area contributed by atoms with E-state index in [2.05, 4.69) is 4.98 Å². The summed E-state index contributed by atoms with van der Waals surface area (Å²) in [6.45, 7) is 0. The number of hydrogen-bond donors (Lipinski definition) is 1. The van der Waals surface area contributed by atoms with Crippen LogP contribution in [0.25, 0.3) is 0 Å². The average Bonchev–Trinajstić information content (AvgIpc) is 2.35. The Morgan fingerprint density at radius 3 is 2.67 bits per heavy atom. The number of nitrogens with zero attached hydrogens (tertiary/aromatic N) is 1. The second-order valence-corrected chi connectivity index (χ2v) is 3.31. The van der Waals surface area contributed by atoms with Crippen LogP contribution in [-0.4, -0.2) is 16.1 Å². The molecule has 0 aliphatic carbocycles. The van der Waals surface area contributed by atoms with E-state index in [1.165, 1.54) is 0 Å². The lowest BCUT2D eigenvalue weighted by molar-refractivity contribution is -0.166. The van der Waals surface area contributed by atoms with Gasteiger partial charge < -0.3 is 5.11 Å². The Morgan fingerprint density at radius 1 is 1.75 bits per heavy atom. The van der Waals surface area contributed by atoms with E-state index in [0.717, 1.165) is 16.7 Å². The van der Waals surface area contributed by atoms with E-state index in [-0.39, 0.29) is 4.47 Å². The Morgan fingerprint density at radius 2 is 2.33 bits per heavy atom. The van der Waals surface area contributed by atoms with E-state index in [4.69, 9.17) is 16.7 Å². The zero-order valence-electron chi connectivity index (χ0n) is 5.42. The van der Waals surface area contributed by atoms with Crippen LogP contribution in [0.5, 0.6) is 0 Å².